The van der Waals surface area contributed by atoms with Crippen LogP contribution in [0, 0.1) is 0 Å². The number of thioether (sulfide) groups is 1. The first-order chi connectivity index (χ1) is 7.33. The van der Waals surface area contributed by atoms with Crippen LogP contribution in [-0.4, -0.2) is 25.1 Å². The molecule has 90 valence electrons. The molecule has 1 atom stereocenters. The second-order valence-electron chi connectivity index (χ2n) is 2.83. The Morgan fingerprint density at radius 1 is 1.19 bits per heavy atom. The first-order valence-electron chi connectivity index (χ1n) is 4.17. The highest BCUT2D eigenvalue weighted by Gasteiger charge is 2.50. The molecular weight excluding hydrogens is 373 g/mol. The van der Waals surface area contributed by atoms with Crippen LogP contribution in [-0.2, 0) is 0 Å². The van der Waals surface area contributed by atoms with Crippen molar-refractivity contribution in [2.45, 2.75) is 21.0 Å². The number of aromatic nitrogens is 2. The minimum absolute atomic E-state index is 0.146. The van der Waals surface area contributed by atoms with Gasteiger partial charge in [-0.2, -0.15) is 8.78 Å². The van der Waals surface area contributed by atoms with Crippen molar-refractivity contribution in [2.75, 3.05) is 5.75 Å². The molecule has 16 heavy (non-hydrogen) atoms. The van der Waals surface area contributed by atoms with Gasteiger partial charge >= 0.3 is 4.83 Å². The highest BCUT2D eigenvalue weighted by molar-refractivity contribution is 9.12. The maximum Gasteiger partial charge on any atom is 0.344 e. The summed E-state index contributed by atoms with van der Waals surface area (Å²) in [6.07, 6.45) is 2.70. The number of nitrogens with zero attached hydrogens (tertiary/aromatic N) is 2. The fourth-order valence-electron chi connectivity index (χ4n) is 0.772. The van der Waals surface area contributed by atoms with Crippen LogP contribution in [0.1, 0.15) is 6.42 Å². The molecule has 0 aromatic carbocycles. The summed E-state index contributed by atoms with van der Waals surface area (Å²) in [7, 11) is 0. The minimum atomic E-state index is -3.60. The van der Waals surface area contributed by atoms with Crippen LogP contribution in [0.15, 0.2) is 23.6 Å². The van der Waals surface area contributed by atoms with Gasteiger partial charge in [-0.3, -0.25) is 0 Å². The molecule has 0 aliphatic rings. The van der Waals surface area contributed by atoms with Crippen LogP contribution in [0.5, 0.6) is 0 Å². The van der Waals surface area contributed by atoms with E-state index in [2.05, 4.69) is 25.9 Å². The van der Waals surface area contributed by atoms with E-state index in [1.165, 1.54) is 12.4 Å². The Morgan fingerprint density at radius 2 is 1.75 bits per heavy atom. The standard InChI is InChI=1S/C8H7Br2F3N2S/c9-7(11,8(10,12)13)2-5-16-6-14-3-1-4-15-6/h1,3-4H,2,5H2/t7-/m1/s1. The maximum atomic E-state index is 13.4. The van der Waals surface area contributed by atoms with E-state index < -0.39 is 9.41 Å². The zero-order valence-electron chi connectivity index (χ0n) is 7.84. The van der Waals surface area contributed by atoms with Gasteiger partial charge in [-0.15, -0.1) is 0 Å². The average Bonchev–Trinajstić information content (AvgIpc) is 2.17. The molecule has 0 saturated heterocycles. The fourth-order valence-corrected chi connectivity index (χ4v) is 2.27. The van der Waals surface area contributed by atoms with Crippen molar-refractivity contribution >= 4 is 43.6 Å². The molecule has 0 amide bonds. The van der Waals surface area contributed by atoms with Crippen molar-refractivity contribution in [3.63, 3.8) is 0 Å². The van der Waals surface area contributed by atoms with Gasteiger partial charge in [0.25, 0.3) is 0 Å². The van der Waals surface area contributed by atoms with E-state index in [-0.39, 0.29) is 12.2 Å². The number of alkyl halides is 5. The predicted octanol–water partition coefficient (Wildman–Crippen LogP) is 4.01. The third-order valence-electron chi connectivity index (χ3n) is 1.60. The van der Waals surface area contributed by atoms with Gasteiger partial charge in [0.05, 0.1) is 0 Å². The maximum absolute atomic E-state index is 13.4. The quantitative estimate of drug-likeness (QED) is 0.439. The summed E-state index contributed by atoms with van der Waals surface area (Å²) < 4.78 is 36.0. The molecule has 0 radical (unpaired) electrons. The molecule has 1 aromatic heterocycles. The summed E-state index contributed by atoms with van der Waals surface area (Å²) in [6.45, 7) is 0. The number of hydrogen-bond acceptors (Lipinski definition) is 3. The van der Waals surface area contributed by atoms with Crippen LogP contribution in [0.4, 0.5) is 13.2 Å². The molecule has 2 nitrogen and oxygen atoms in total. The molecule has 8 heteroatoms. The van der Waals surface area contributed by atoms with Crippen LogP contribution in [0.3, 0.4) is 0 Å². The Bertz CT molecular complexity index is 332. The van der Waals surface area contributed by atoms with Crippen LogP contribution >= 0.6 is 43.6 Å². The topological polar surface area (TPSA) is 25.8 Å². The van der Waals surface area contributed by atoms with Gasteiger partial charge in [0, 0.05) is 24.6 Å². The van der Waals surface area contributed by atoms with E-state index in [0.717, 1.165) is 11.8 Å². The van der Waals surface area contributed by atoms with E-state index >= 15 is 0 Å². The molecule has 0 fully saturated rings. The average molecular weight is 380 g/mol. The predicted molar refractivity (Wildman–Crippen MR) is 64.0 cm³/mol. The highest BCUT2D eigenvalue weighted by atomic mass is 79.9. The number of halogens is 5. The first-order valence-corrected chi connectivity index (χ1v) is 6.74. The number of rotatable bonds is 5. The largest absolute Gasteiger partial charge is 0.344 e. The summed E-state index contributed by atoms with van der Waals surface area (Å²) in [5, 5.41) is 0.434. The van der Waals surface area contributed by atoms with Gasteiger partial charge in [0.2, 0.25) is 4.58 Å². The Balaban J connectivity index is 2.42. The highest BCUT2D eigenvalue weighted by Crippen LogP contribution is 2.45. The van der Waals surface area contributed by atoms with E-state index in [0.29, 0.717) is 5.16 Å². The summed E-state index contributed by atoms with van der Waals surface area (Å²) in [4.78, 5) is 4.15. The molecule has 1 aromatic rings. The van der Waals surface area contributed by atoms with Gasteiger partial charge in [0.15, 0.2) is 5.16 Å². The molecule has 0 saturated carbocycles. The lowest BCUT2D eigenvalue weighted by atomic mass is 10.3. The Morgan fingerprint density at radius 3 is 2.25 bits per heavy atom. The molecule has 0 N–H and O–H groups in total. The van der Waals surface area contributed by atoms with Gasteiger partial charge in [-0.25, -0.2) is 14.4 Å². The van der Waals surface area contributed by atoms with Crippen molar-refractivity contribution in [1.82, 2.24) is 9.97 Å². The summed E-state index contributed by atoms with van der Waals surface area (Å²) >= 11 is 5.47. The third-order valence-corrected chi connectivity index (χ3v) is 4.54. The molecule has 1 rings (SSSR count). The van der Waals surface area contributed by atoms with Gasteiger partial charge in [-0.1, -0.05) is 11.8 Å². The molecular formula is C8H7Br2F3N2S. The Kier molecular flexibility index (Phi) is 5.06. The van der Waals surface area contributed by atoms with Crippen molar-refractivity contribution in [1.29, 1.82) is 0 Å². The fraction of sp³-hybridized carbons (Fsp3) is 0.500. The third kappa shape index (κ3) is 4.21. The zero-order chi connectivity index (χ0) is 12.2. The van der Waals surface area contributed by atoms with Crippen LogP contribution in [0.25, 0.3) is 0 Å². The van der Waals surface area contributed by atoms with Crippen LogP contribution < -0.4 is 0 Å². The zero-order valence-corrected chi connectivity index (χ0v) is 11.8. The van der Waals surface area contributed by atoms with Crippen molar-refractivity contribution in [2.24, 2.45) is 0 Å². The molecule has 0 unspecified atom stereocenters. The summed E-state index contributed by atoms with van der Waals surface area (Å²) in [6, 6.07) is 1.64. The van der Waals surface area contributed by atoms with E-state index in [1.54, 1.807) is 6.07 Å². The second kappa shape index (κ2) is 5.68. The lowest BCUT2D eigenvalue weighted by Crippen LogP contribution is -2.33. The van der Waals surface area contributed by atoms with E-state index in [1.807, 2.05) is 15.9 Å². The molecule has 0 aliphatic carbocycles. The summed E-state index contributed by atoms with van der Waals surface area (Å²) in [5.74, 6) is 0.146. The van der Waals surface area contributed by atoms with Crippen LogP contribution in [0.2, 0.25) is 0 Å². The van der Waals surface area contributed by atoms with Gasteiger partial charge in [-0.05, 0) is 37.9 Å². The minimum Gasteiger partial charge on any atom is -0.231 e. The second-order valence-corrected chi connectivity index (χ2v) is 6.15. The monoisotopic (exact) mass is 378 g/mol. The first kappa shape index (κ1) is 14.2. The molecule has 0 aliphatic heterocycles. The van der Waals surface area contributed by atoms with E-state index in [4.69, 9.17) is 0 Å². The van der Waals surface area contributed by atoms with Crippen molar-refractivity contribution < 1.29 is 13.2 Å². The van der Waals surface area contributed by atoms with Crippen molar-refractivity contribution in [3.05, 3.63) is 18.5 Å². The molecule has 0 bridgehead atoms. The lowest BCUT2D eigenvalue weighted by molar-refractivity contribution is 0.00363. The van der Waals surface area contributed by atoms with Crippen molar-refractivity contribution in [3.8, 4) is 0 Å². The lowest BCUT2D eigenvalue weighted by Gasteiger charge is -2.22. The Labute approximate surface area is 112 Å². The van der Waals surface area contributed by atoms with Gasteiger partial charge < -0.3 is 0 Å². The number of hydrogen-bond donors (Lipinski definition) is 0. The Hall–Kier alpha value is 0.180. The molecule has 1 heterocycles. The smallest absolute Gasteiger partial charge is 0.231 e. The SMILES string of the molecule is FC(F)(Br)[C@@](F)(Br)CCSc1ncccn1. The summed E-state index contributed by atoms with van der Waals surface area (Å²) in [5.41, 5.74) is 0. The van der Waals surface area contributed by atoms with Gasteiger partial charge in [0.1, 0.15) is 0 Å². The molecule has 0 spiro atoms. The van der Waals surface area contributed by atoms with E-state index in [9.17, 15) is 13.2 Å². The normalized spacial score (nSPS) is 15.8.